The van der Waals surface area contributed by atoms with E-state index < -0.39 is 6.09 Å². The Bertz CT molecular complexity index is 360. The second-order valence-electron chi connectivity index (χ2n) is 4.25. The van der Waals surface area contributed by atoms with Crippen molar-refractivity contribution in [1.82, 2.24) is 9.80 Å². The molecule has 0 spiro atoms. The van der Waals surface area contributed by atoms with Crippen LogP contribution in [0.2, 0.25) is 0 Å². The average Bonchev–Trinajstić information content (AvgIpc) is 2.87. The van der Waals surface area contributed by atoms with Gasteiger partial charge in [-0.2, -0.15) is 0 Å². The van der Waals surface area contributed by atoms with E-state index in [2.05, 4.69) is 4.74 Å². The number of rotatable bonds is 8. The fourth-order valence-electron chi connectivity index (χ4n) is 1.74. The van der Waals surface area contributed by atoms with Crippen LogP contribution in [-0.4, -0.2) is 81.4 Å². The van der Waals surface area contributed by atoms with Crippen molar-refractivity contribution in [2.45, 2.75) is 6.42 Å². The van der Waals surface area contributed by atoms with Crippen LogP contribution in [0.5, 0.6) is 0 Å². The Morgan fingerprint density at radius 1 is 1.35 bits per heavy atom. The molecule has 114 valence electrons. The van der Waals surface area contributed by atoms with Crippen LogP contribution < -0.4 is 0 Å². The SMILES string of the molecule is COCCN(CCC(=O)OC)CC(=O)N1CCOC1=O. The fraction of sp³-hybridized carbons (Fsp3) is 0.750. The maximum atomic E-state index is 12.0. The van der Waals surface area contributed by atoms with Crippen LogP contribution >= 0.6 is 0 Å². The zero-order valence-electron chi connectivity index (χ0n) is 11.8. The molecule has 1 fully saturated rings. The number of nitrogens with zero attached hydrogens (tertiary/aromatic N) is 2. The molecule has 0 unspecified atom stereocenters. The number of imide groups is 1. The number of hydrogen-bond acceptors (Lipinski definition) is 7. The van der Waals surface area contributed by atoms with Crippen molar-refractivity contribution in [3.05, 3.63) is 0 Å². The maximum absolute atomic E-state index is 12.0. The molecule has 8 heteroatoms. The standard InChI is InChI=1S/C12H20N2O6/c1-18-7-5-13(4-3-11(16)19-2)9-10(15)14-6-8-20-12(14)17/h3-9H2,1-2H3. The van der Waals surface area contributed by atoms with Crippen molar-refractivity contribution in [3.63, 3.8) is 0 Å². The van der Waals surface area contributed by atoms with Gasteiger partial charge in [-0.3, -0.25) is 14.5 Å². The molecular weight excluding hydrogens is 268 g/mol. The molecule has 0 bridgehead atoms. The minimum atomic E-state index is -0.616. The molecule has 0 N–H and O–H groups in total. The molecule has 2 amide bonds. The summed E-state index contributed by atoms with van der Waals surface area (Å²) in [4.78, 5) is 37.2. The maximum Gasteiger partial charge on any atom is 0.416 e. The topological polar surface area (TPSA) is 85.4 Å². The van der Waals surface area contributed by atoms with Gasteiger partial charge in [-0.05, 0) is 0 Å². The molecular formula is C12H20N2O6. The number of esters is 1. The molecule has 20 heavy (non-hydrogen) atoms. The zero-order chi connectivity index (χ0) is 15.0. The van der Waals surface area contributed by atoms with Crippen molar-refractivity contribution in [3.8, 4) is 0 Å². The summed E-state index contributed by atoms with van der Waals surface area (Å²) >= 11 is 0. The van der Waals surface area contributed by atoms with Crippen LogP contribution in [0.4, 0.5) is 4.79 Å². The number of carbonyl (C=O) groups excluding carboxylic acids is 3. The van der Waals surface area contributed by atoms with E-state index in [4.69, 9.17) is 9.47 Å². The molecule has 1 saturated heterocycles. The molecule has 8 nitrogen and oxygen atoms in total. The summed E-state index contributed by atoms with van der Waals surface area (Å²) in [5, 5.41) is 0. The second kappa shape index (κ2) is 8.49. The van der Waals surface area contributed by atoms with E-state index in [1.54, 1.807) is 12.0 Å². The van der Waals surface area contributed by atoms with Crippen molar-refractivity contribution >= 4 is 18.0 Å². The van der Waals surface area contributed by atoms with E-state index in [-0.39, 0.29) is 38.0 Å². The smallest absolute Gasteiger partial charge is 0.416 e. The van der Waals surface area contributed by atoms with Gasteiger partial charge in [0.2, 0.25) is 5.91 Å². The highest BCUT2D eigenvalue weighted by Crippen LogP contribution is 2.05. The molecule has 1 aliphatic rings. The Labute approximate surface area is 117 Å². The van der Waals surface area contributed by atoms with E-state index >= 15 is 0 Å². The Balaban J connectivity index is 2.47. The van der Waals surface area contributed by atoms with E-state index in [1.165, 1.54) is 7.11 Å². The van der Waals surface area contributed by atoms with Gasteiger partial charge >= 0.3 is 12.1 Å². The van der Waals surface area contributed by atoms with Gasteiger partial charge in [0.1, 0.15) is 6.61 Å². The number of carbonyl (C=O) groups is 3. The van der Waals surface area contributed by atoms with Gasteiger partial charge in [-0.15, -0.1) is 0 Å². The van der Waals surface area contributed by atoms with Crippen molar-refractivity contribution < 1.29 is 28.6 Å². The molecule has 1 rings (SSSR count). The largest absolute Gasteiger partial charge is 0.469 e. The van der Waals surface area contributed by atoms with Crippen LogP contribution in [0.1, 0.15) is 6.42 Å². The third-order valence-electron chi connectivity index (χ3n) is 2.89. The molecule has 1 aliphatic heterocycles. The van der Waals surface area contributed by atoms with Gasteiger partial charge in [-0.25, -0.2) is 9.69 Å². The van der Waals surface area contributed by atoms with E-state index in [0.717, 1.165) is 4.90 Å². The van der Waals surface area contributed by atoms with Gasteiger partial charge in [0.15, 0.2) is 0 Å². The van der Waals surface area contributed by atoms with E-state index in [9.17, 15) is 14.4 Å². The zero-order valence-corrected chi connectivity index (χ0v) is 11.8. The van der Waals surface area contributed by atoms with Crippen LogP contribution in [0, 0.1) is 0 Å². The lowest BCUT2D eigenvalue weighted by Gasteiger charge is -2.22. The highest BCUT2D eigenvalue weighted by molar-refractivity contribution is 5.94. The lowest BCUT2D eigenvalue weighted by atomic mass is 10.3. The predicted molar refractivity (Wildman–Crippen MR) is 68.0 cm³/mol. The quantitative estimate of drug-likeness (QED) is 0.555. The first kappa shape index (κ1) is 16.4. The molecule has 0 aliphatic carbocycles. The highest BCUT2D eigenvalue weighted by atomic mass is 16.6. The first-order valence-electron chi connectivity index (χ1n) is 6.33. The summed E-state index contributed by atoms with van der Waals surface area (Å²) in [5.41, 5.74) is 0. The molecule has 0 atom stereocenters. The average molecular weight is 288 g/mol. The first-order valence-corrected chi connectivity index (χ1v) is 6.33. The number of methoxy groups -OCH3 is 2. The second-order valence-corrected chi connectivity index (χ2v) is 4.25. The number of amides is 2. The Kier molecular flexibility index (Phi) is 6.96. The van der Waals surface area contributed by atoms with Crippen LogP contribution in [0.25, 0.3) is 0 Å². The van der Waals surface area contributed by atoms with Crippen LogP contribution in [0.15, 0.2) is 0 Å². The summed E-state index contributed by atoms with van der Waals surface area (Å²) in [6, 6.07) is 0. The third kappa shape index (κ3) is 5.14. The minimum Gasteiger partial charge on any atom is -0.469 e. The lowest BCUT2D eigenvalue weighted by molar-refractivity contribution is -0.141. The lowest BCUT2D eigenvalue weighted by Crippen LogP contribution is -2.42. The molecule has 0 radical (unpaired) electrons. The fourth-order valence-corrected chi connectivity index (χ4v) is 1.74. The van der Waals surface area contributed by atoms with E-state index in [1.807, 2.05) is 0 Å². The predicted octanol–water partition coefficient (Wildman–Crippen LogP) is -0.523. The monoisotopic (exact) mass is 288 g/mol. The number of ether oxygens (including phenoxy) is 3. The summed E-state index contributed by atoms with van der Waals surface area (Å²) in [7, 11) is 2.87. The van der Waals surface area contributed by atoms with Crippen molar-refractivity contribution in [1.29, 1.82) is 0 Å². The van der Waals surface area contributed by atoms with Crippen LogP contribution in [0.3, 0.4) is 0 Å². The minimum absolute atomic E-state index is 0.0372. The molecule has 0 aromatic rings. The Hall–Kier alpha value is -1.67. The molecule has 0 aromatic heterocycles. The molecule has 0 aromatic carbocycles. The normalized spacial score (nSPS) is 14.6. The van der Waals surface area contributed by atoms with Gasteiger partial charge < -0.3 is 14.2 Å². The Morgan fingerprint density at radius 3 is 2.65 bits per heavy atom. The summed E-state index contributed by atoms with van der Waals surface area (Å²) in [6.07, 6.45) is -0.438. The summed E-state index contributed by atoms with van der Waals surface area (Å²) in [6.45, 7) is 1.82. The first-order chi connectivity index (χ1) is 9.58. The third-order valence-corrected chi connectivity index (χ3v) is 2.89. The molecule has 1 heterocycles. The van der Waals surface area contributed by atoms with Crippen molar-refractivity contribution in [2.24, 2.45) is 0 Å². The van der Waals surface area contributed by atoms with Gasteiger partial charge in [-0.1, -0.05) is 0 Å². The van der Waals surface area contributed by atoms with Gasteiger partial charge in [0.05, 0.1) is 33.2 Å². The number of hydrogen-bond donors (Lipinski definition) is 0. The van der Waals surface area contributed by atoms with Crippen molar-refractivity contribution in [2.75, 3.05) is 53.6 Å². The summed E-state index contributed by atoms with van der Waals surface area (Å²) in [5.74, 6) is -0.686. The number of cyclic esters (lactones) is 1. The van der Waals surface area contributed by atoms with Gasteiger partial charge in [0, 0.05) is 20.2 Å². The summed E-state index contributed by atoms with van der Waals surface area (Å²) < 4.78 is 14.2. The van der Waals surface area contributed by atoms with E-state index in [0.29, 0.717) is 19.7 Å². The Morgan fingerprint density at radius 2 is 2.10 bits per heavy atom. The van der Waals surface area contributed by atoms with Gasteiger partial charge in [0.25, 0.3) is 0 Å². The van der Waals surface area contributed by atoms with Crippen LogP contribution in [-0.2, 0) is 23.8 Å². The molecule has 0 saturated carbocycles. The highest BCUT2D eigenvalue weighted by Gasteiger charge is 2.29.